The second-order valence-corrected chi connectivity index (χ2v) is 14.7. The standard InChI is InChI=1S/C35H51P/c1-2-3-4-5-6-7-8-9-10-11-12-13-14-15-25-32-36(33-26-19-16-20-27-33,34-28-21-17-22-29-34)35-30-23-18-24-31-35/h16-24,26-31,36H,2-15,25,32H2,1H3. The van der Waals surface area contributed by atoms with Crippen LogP contribution in [0.2, 0.25) is 0 Å². The predicted molar refractivity (Wildman–Crippen MR) is 166 cm³/mol. The molecular formula is C35H51P. The van der Waals surface area contributed by atoms with E-state index in [4.69, 9.17) is 0 Å². The fraction of sp³-hybridized carbons (Fsp3) is 0.486. The van der Waals surface area contributed by atoms with Gasteiger partial charge in [0.2, 0.25) is 0 Å². The van der Waals surface area contributed by atoms with Gasteiger partial charge in [0.15, 0.2) is 0 Å². The van der Waals surface area contributed by atoms with Gasteiger partial charge in [0, 0.05) is 0 Å². The van der Waals surface area contributed by atoms with Crippen molar-refractivity contribution in [2.24, 2.45) is 0 Å². The summed E-state index contributed by atoms with van der Waals surface area (Å²) in [5.41, 5.74) is 0. The second-order valence-electron chi connectivity index (χ2n) is 10.7. The first-order valence-electron chi connectivity index (χ1n) is 15.0. The van der Waals surface area contributed by atoms with Gasteiger partial charge in [-0.3, -0.25) is 0 Å². The summed E-state index contributed by atoms with van der Waals surface area (Å²) >= 11 is 0. The molecule has 3 aromatic carbocycles. The van der Waals surface area contributed by atoms with Gasteiger partial charge >= 0.3 is 191 Å². The second kappa shape index (κ2) is 17.5. The summed E-state index contributed by atoms with van der Waals surface area (Å²) in [6, 6.07) is 34.2. The van der Waals surface area contributed by atoms with Crippen molar-refractivity contribution >= 4 is 23.2 Å². The summed E-state index contributed by atoms with van der Waals surface area (Å²) in [7, 11) is -2.03. The van der Waals surface area contributed by atoms with Gasteiger partial charge in [-0.05, 0) is 0 Å². The van der Waals surface area contributed by atoms with Crippen LogP contribution in [-0.4, -0.2) is 6.16 Å². The minimum absolute atomic E-state index is 1.29. The van der Waals surface area contributed by atoms with E-state index < -0.39 is 7.26 Å². The van der Waals surface area contributed by atoms with E-state index in [1.165, 1.54) is 102 Å². The average Bonchev–Trinajstić information content (AvgIpc) is 2.94. The van der Waals surface area contributed by atoms with Crippen molar-refractivity contribution in [2.75, 3.05) is 6.16 Å². The normalized spacial score (nSPS) is 12.0. The summed E-state index contributed by atoms with van der Waals surface area (Å²) in [4.78, 5) is 0. The Labute approximate surface area is 223 Å². The van der Waals surface area contributed by atoms with Crippen molar-refractivity contribution in [3.05, 3.63) is 91.0 Å². The Morgan fingerprint density at radius 2 is 0.639 bits per heavy atom. The molecule has 0 atom stereocenters. The number of benzene rings is 3. The van der Waals surface area contributed by atoms with Crippen LogP contribution >= 0.6 is 7.26 Å². The summed E-state index contributed by atoms with van der Waals surface area (Å²) in [6.07, 6.45) is 22.6. The molecule has 0 aliphatic carbocycles. The molecule has 0 unspecified atom stereocenters. The van der Waals surface area contributed by atoms with Crippen molar-refractivity contribution in [3.63, 3.8) is 0 Å². The zero-order valence-electron chi connectivity index (χ0n) is 23.0. The maximum atomic E-state index is 2.39. The molecule has 0 heterocycles. The van der Waals surface area contributed by atoms with Gasteiger partial charge in [0.25, 0.3) is 0 Å². The van der Waals surface area contributed by atoms with Gasteiger partial charge in [-0.2, -0.15) is 0 Å². The van der Waals surface area contributed by atoms with E-state index in [1.54, 1.807) is 15.9 Å². The Hall–Kier alpha value is -1.91. The zero-order chi connectivity index (χ0) is 25.2. The molecule has 0 saturated heterocycles. The number of unbranched alkanes of at least 4 members (excludes halogenated alkanes) is 14. The van der Waals surface area contributed by atoms with Gasteiger partial charge in [-0.25, -0.2) is 0 Å². The van der Waals surface area contributed by atoms with E-state index in [-0.39, 0.29) is 0 Å². The molecule has 0 spiro atoms. The fourth-order valence-corrected chi connectivity index (χ4v) is 10.8. The molecule has 3 rings (SSSR count). The van der Waals surface area contributed by atoms with Crippen LogP contribution in [0.25, 0.3) is 0 Å². The average molecular weight is 503 g/mol. The topological polar surface area (TPSA) is 0 Å². The first-order valence-corrected chi connectivity index (χ1v) is 17.2. The minimum atomic E-state index is -2.03. The van der Waals surface area contributed by atoms with Crippen LogP contribution in [0.1, 0.15) is 103 Å². The molecule has 0 aliphatic heterocycles. The van der Waals surface area contributed by atoms with Crippen LogP contribution in [0.4, 0.5) is 0 Å². The van der Waals surface area contributed by atoms with Crippen molar-refractivity contribution in [2.45, 2.75) is 103 Å². The SMILES string of the molecule is CCCCCCCCCCCCCCCCC[PH](c1ccccc1)(c1ccccc1)c1ccccc1. The molecule has 0 N–H and O–H groups in total. The molecule has 36 heavy (non-hydrogen) atoms. The first kappa shape index (κ1) is 28.7. The molecule has 0 bridgehead atoms. The van der Waals surface area contributed by atoms with Gasteiger partial charge < -0.3 is 0 Å². The number of hydrogen-bond acceptors (Lipinski definition) is 0. The summed E-state index contributed by atoms with van der Waals surface area (Å²) in [6.45, 7) is 2.30. The van der Waals surface area contributed by atoms with Crippen molar-refractivity contribution < 1.29 is 0 Å². The molecule has 0 radical (unpaired) electrons. The summed E-state index contributed by atoms with van der Waals surface area (Å²) in [5.74, 6) is 0. The Kier molecular flexibility index (Phi) is 14.0. The Morgan fingerprint density at radius 1 is 0.361 bits per heavy atom. The Bertz CT molecular complexity index is 806. The number of rotatable bonds is 19. The van der Waals surface area contributed by atoms with Crippen molar-refractivity contribution in [1.29, 1.82) is 0 Å². The third-order valence-corrected chi connectivity index (χ3v) is 13.0. The molecule has 196 valence electrons. The third-order valence-electron chi connectivity index (χ3n) is 7.96. The van der Waals surface area contributed by atoms with E-state index in [0.29, 0.717) is 0 Å². The van der Waals surface area contributed by atoms with E-state index in [9.17, 15) is 0 Å². The first-order chi connectivity index (χ1) is 17.9. The third kappa shape index (κ3) is 9.19. The molecule has 1 heteroatoms. The van der Waals surface area contributed by atoms with Gasteiger partial charge in [-0.15, -0.1) is 0 Å². The Morgan fingerprint density at radius 3 is 0.944 bits per heavy atom. The van der Waals surface area contributed by atoms with E-state index in [1.807, 2.05) is 0 Å². The number of hydrogen-bond donors (Lipinski definition) is 0. The summed E-state index contributed by atoms with van der Waals surface area (Å²) < 4.78 is 0. The molecule has 0 aromatic heterocycles. The molecule has 0 fully saturated rings. The van der Waals surface area contributed by atoms with Gasteiger partial charge in [0.1, 0.15) is 0 Å². The molecule has 0 aliphatic rings. The van der Waals surface area contributed by atoms with Gasteiger partial charge in [-0.1, -0.05) is 32.6 Å². The molecule has 3 aromatic rings. The molecule has 0 nitrogen and oxygen atoms in total. The Balaban J connectivity index is 1.45. The van der Waals surface area contributed by atoms with E-state index in [2.05, 4.69) is 97.9 Å². The quantitative estimate of drug-likeness (QED) is 0.113. The maximum absolute atomic E-state index is 2.39. The van der Waals surface area contributed by atoms with E-state index >= 15 is 0 Å². The molecule has 0 amide bonds. The van der Waals surface area contributed by atoms with Crippen LogP contribution < -0.4 is 15.9 Å². The van der Waals surface area contributed by atoms with Crippen LogP contribution in [0, 0.1) is 0 Å². The van der Waals surface area contributed by atoms with Crippen molar-refractivity contribution in [3.8, 4) is 0 Å². The van der Waals surface area contributed by atoms with Gasteiger partial charge in [0.05, 0.1) is 0 Å². The van der Waals surface area contributed by atoms with E-state index in [0.717, 1.165) is 0 Å². The summed E-state index contributed by atoms with van der Waals surface area (Å²) in [5, 5.41) is 4.65. The molecule has 0 saturated carbocycles. The van der Waals surface area contributed by atoms with Crippen LogP contribution in [0.5, 0.6) is 0 Å². The molecular weight excluding hydrogens is 451 g/mol. The predicted octanol–water partition coefficient (Wildman–Crippen LogP) is 9.58. The fourth-order valence-electron chi connectivity index (χ4n) is 5.86. The van der Waals surface area contributed by atoms with Crippen LogP contribution in [0.15, 0.2) is 91.0 Å². The van der Waals surface area contributed by atoms with Crippen molar-refractivity contribution in [1.82, 2.24) is 0 Å². The monoisotopic (exact) mass is 502 g/mol. The van der Waals surface area contributed by atoms with Crippen LogP contribution in [0.3, 0.4) is 0 Å². The van der Waals surface area contributed by atoms with Crippen LogP contribution in [-0.2, 0) is 0 Å². The zero-order valence-corrected chi connectivity index (χ0v) is 24.0.